The molecule has 1 aliphatic heterocycles. The molecular formula is C31H32N2O6S. The quantitative estimate of drug-likeness (QED) is 0.202. The molecule has 1 aliphatic carbocycles. The van der Waals surface area contributed by atoms with Gasteiger partial charge in [0.15, 0.2) is 0 Å². The lowest BCUT2D eigenvalue weighted by Gasteiger charge is -2.28. The molecule has 40 heavy (non-hydrogen) atoms. The molecule has 0 saturated carbocycles. The van der Waals surface area contributed by atoms with Crippen LogP contribution in [0.1, 0.15) is 55.8 Å². The normalized spacial score (nSPS) is 17.9. The van der Waals surface area contributed by atoms with E-state index in [-0.39, 0.29) is 30.2 Å². The second kappa shape index (κ2) is 11.7. The van der Waals surface area contributed by atoms with Crippen LogP contribution in [0.15, 0.2) is 83.3 Å². The number of benzene rings is 3. The largest absolute Gasteiger partial charge is 0.462 e. The van der Waals surface area contributed by atoms with Gasteiger partial charge in [0, 0.05) is 6.54 Å². The molecule has 9 heteroatoms. The van der Waals surface area contributed by atoms with E-state index in [9.17, 15) is 22.8 Å². The summed E-state index contributed by atoms with van der Waals surface area (Å²) in [5, 5.41) is 1.68. The number of rotatable bonds is 9. The van der Waals surface area contributed by atoms with Gasteiger partial charge in [-0.15, -0.1) is 0 Å². The van der Waals surface area contributed by atoms with Crippen LogP contribution in [0.3, 0.4) is 0 Å². The topological polar surface area (TPSA) is 101 Å². The van der Waals surface area contributed by atoms with Crippen molar-refractivity contribution in [1.29, 1.82) is 0 Å². The van der Waals surface area contributed by atoms with Crippen molar-refractivity contribution < 1.29 is 27.5 Å². The van der Waals surface area contributed by atoms with Gasteiger partial charge in [-0.1, -0.05) is 42.0 Å². The Morgan fingerprint density at radius 1 is 1.00 bits per heavy atom. The van der Waals surface area contributed by atoms with Crippen LogP contribution in [0.25, 0.3) is 10.8 Å². The van der Waals surface area contributed by atoms with Gasteiger partial charge in [0.05, 0.1) is 29.2 Å². The van der Waals surface area contributed by atoms with Crippen molar-refractivity contribution in [3.8, 4) is 0 Å². The van der Waals surface area contributed by atoms with Crippen molar-refractivity contribution in [3.63, 3.8) is 0 Å². The maximum absolute atomic E-state index is 14.1. The summed E-state index contributed by atoms with van der Waals surface area (Å²) in [6.07, 6.45) is 6.43. The molecule has 5 rings (SSSR count). The highest BCUT2D eigenvalue weighted by Crippen LogP contribution is 2.32. The number of allylic oxidation sites excluding steroid dienone is 1. The van der Waals surface area contributed by atoms with Crippen LogP contribution in [0.4, 0.5) is 5.69 Å². The summed E-state index contributed by atoms with van der Waals surface area (Å²) in [5.41, 5.74) is 1.75. The fraction of sp³-hybridized carbons (Fsp3) is 0.323. The van der Waals surface area contributed by atoms with E-state index in [0.29, 0.717) is 12.0 Å². The zero-order chi connectivity index (χ0) is 28.3. The molecule has 1 heterocycles. The van der Waals surface area contributed by atoms with Gasteiger partial charge in [-0.3, -0.25) is 9.59 Å². The Morgan fingerprint density at radius 2 is 1.75 bits per heavy atom. The number of carbonyl (C=O) groups excluding carboxylic acids is 3. The maximum atomic E-state index is 14.1. The lowest BCUT2D eigenvalue weighted by atomic mass is 9.97. The summed E-state index contributed by atoms with van der Waals surface area (Å²) in [7, 11) is -4.12. The summed E-state index contributed by atoms with van der Waals surface area (Å²) in [6.45, 7) is 2.03. The third-order valence-corrected chi connectivity index (χ3v) is 9.38. The lowest BCUT2D eigenvalue weighted by Crippen LogP contribution is -2.46. The minimum Gasteiger partial charge on any atom is -0.462 e. The highest BCUT2D eigenvalue weighted by molar-refractivity contribution is 7.89. The Balaban J connectivity index is 1.47. The molecule has 8 nitrogen and oxygen atoms in total. The first-order valence-electron chi connectivity index (χ1n) is 13.6. The first kappa shape index (κ1) is 27.7. The predicted octanol–water partition coefficient (Wildman–Crippen LogP) is 5.23. The Hall–Kier alpha value is -3.82. The zero-order valence-corrected chi connectivity index (χ0v) is 23.2. The molecule has 2 amide bonds. The highest BCUT2D eigenvalue weighted by Gasteiger charge is 2.47. The first-order chi connectivity index (χ1) is 19.3. The van der Waals surface area contributed by atoms with E-state index in [4.69, 9.17) is 4.74 Å². The van der Waals surface area contributed by atoms with Crippen LogP contribution in [0.2, 0.25) is 0 Å². The number of hydrogen-bond donors (Lipinski definition) is 0. The lowest BCUT2D eigenvalue weighted by molar-refractivity contribution is -0.122. The van der Waals surface area contributed by atoms with Gasteiger partial charge in [-0.05, 0) is 86.2 Å². The monoisotopic (exact) mass is 560 g/mol. The van der Waals surface area contributed by atoms with Gasteiger partial charge in [-0.2, -0.15) is 4.31 Å². The molecular weight excluding hydrogens is 528 g/mol. The highest BCUT2D eigenvalue weighted by atomic mass is 32.2. The molecule has 1 saturated heterocycles. The summed E-state index contributed by atoms with van der Waals surface area (Å²) in [4.78, 5) is 40.0. The summed E-state index contributed by atoms with van der Waals surface area (Å²) in [5.74, 6) is -1.60. The van der Waals surface area contributed by atoms with Crippen LogP contribution >= 0.6 is 0 Å². The molecule has 3 aromatic carbocycles. The molecule has 208 valence electrons. The van der Waals surface area contributed by atoms with Crippen molar-refractivity contribution in [2.45, 2.75) is 56.4 Å². The van der Waals surface area contributed by atoms with Crippen molar-refractivity contribution in [1.82, 2.24) is 4.31 Å². The number of hydrogen-bond acceptors (Lipinski definition) is 6. The SMILES string of the molecule is CCOC(=O)c1ccc(N2C(=O)CC(N(CCC3=CCCCC3)S(=O)(=O)c3ccc4ccccc4c3)C2=O)cc1. The zero-order valence-electron chi connectivity index (χ0n) is 22.4. The second-order valence-corrected chi connectivity index (χ2v) is 11.9. The minimum absolute atomic E-state index is 0.0845. The van der Waals surface area contributed by atoms with E-state index in [2.05, 4.69) is 6.08 Å². The second-order valence-electron chi connectivity index (χ2n) is 10.0. The third kappa shape index (κ3) is 5.57. The van der Waals surface area contributed by atoms with Crippen LogP contribution < -0.4 is 4.90 Å². The number of carbonyl (C=O) groups is 3. The minimum atomic E-state index is -4.12. The van der Waals surface area contributed by atoms with E-state index in [0.717, 1.165) is 41.4 Å². The van der Waals surface area contributed by atoms with Gasteiger partial charge in [0.1, 0.15) is 6.04 Å². The molecule has 0 N–H and O–H groups in total. The first-order valence-corrected chi connectivity index (χ1v) is 15.1. The number of imide groups is 1. The molecule has 0 aromatic heterocycles. The fourth-order valence-corrected chi connectivity index (χ4v) is 6.98. The van der Waals surface area contributed by atoms with Crippen LogP contribution in [0, 0.1) is 0 Å². The summed E-state index contributed by atoms with van der Waals surface area (Å²) >= 11 is 0. The molecule has 0 radical (unpaired) electrons. The number of sulfonamides is 1. The molecule has 0 bridgehead atoms. The number of fused-ring (bicyclic) bond motifs is 1. The number of anilines is 1. The van der Waals surface area contributed by atoms with E-state index < -0.39 is 33.8 Å². The summed E-state index contributed by atoms with van der Waals surface area (Å²) in [6, 6.07) is 17.2. The van der Waals surface area contributed by atoms with E-state index in [1.807, 2.05) is 24.3 Å². The van der Waals surface area contributed by atoms with E-state index >= 15 is 0 Å². The van der Waals surface area contributed by atoms with E-state index in [1.165, 1.54) is 34.1 Å². The van der Waals surface area contributed by atoms with Crippen molar-refractivity contribution in [3.05, 3.63) is 83.9 Å². The van der Waals surface area contributed by atoms with Crippen molar-refractivity contribution in [2.24, 2.45) is 0 Å². The predicted molar refractivity (Wildman–Crippen MR) is 152 cm³/mol. The third-order valence-electron chi connectivity index (χ3n) is 7.47. The van der Waals surface area contributed by atoms with Crippen LogP contribution in [-0.4, -0.2) is 49.7 Å². The molecule has 2 aliphatic rings. The Labute approximate surface area is 234 Å². The summed E-state index contributed by atoms with van der Waals surface area (Å²) < 4.78 is 34.4. The number of ether oxygens (including phenoxy) is 1. The Bertz CT molecular complexity index is 1580. The Morgan fingerprint density at radius 3 is 2.45 bits per heavy atom. The smallest absolute Gasteiger partial charge is 0.338 e. The van der Waals surface area contributed by atoms with Gasteiger partial charge in [-0.25, -0.2) is 18.1 Å². The Kier molecular flexibility index (Phi) is 8.14. The van der Waals surface area contributed by atoms with Crippen LogP contribution in [0.5, 0.6) is 0 Å². The van der Waals surface area contributed by atoms with Crippen molar-refractivity contribution >= 4 is 44.3 Å². The standard InChI is InChI=1S/C31H32N2O6S/c1-2-39-31(36)24-12-15-26(16-13-24)33-29(34)21-28(30(33)35)32(19-18-22-8-4-3-5-9-22)40(37,38)27-17-14-23-10-6-7-11-25(23)20-27/h6-8,10-17,20,28H,2-5,9,18-19,21H2,1H3. The molecule has 0 spiro atoms. The molecule has 1 atom stereocenters. The molecule has 1 fully saturated rings. The van der Waals surface area contributed by atoms with Gasteiger partial charge >= 0.3 is 5.97 Å². The van der Waals surface area contributed by atoms with Gasteiger partial charge < -0.3 is 4.74 Å². The fourth-order valence-electron chi connectivity index (χ4n) is 5.37. The number of amides is 2. The van der Waals surface area contributed by atoms with Crippen LogP contribution in [-0.2, 0) is 24.3 Å². The number of esters is 1. The molecule has 1 unspecified atom stereocenters. The van der Waals surface area contributed by atoms with Crippen molar-refractivity contribution in [2.75, 3.05) is 18.1 Å². The van der Waals surface area contributed by atoms with Gasteiger partial charge in [0.2, 0.25) is 15.9 Å². The average Bonchev–Trinajstić information content (AvgIpc) is 3.26. The number of nitrogens with zero attached hydrogens (tertiary/aromatic N) is 2. The average molecular weight is 561 g/mol. The maximum Gasteiger partial charge on any atom is 0.338 e. The van der Waals surface area contributed by atoms with Gasteiger partial charge in [0.25, 0.3) is 5.91 Å². The van der Waals surface area contributed by atoms with E-state index in [1.54, 1.807) is 25.1 Å². The molecule has 3 aromatic rings.